The molecular weight excluding hydrogens is 212 g/mol. The fourth-order valence-electron chi connectivity index (χ4n) is 2.05. The van der Waals surface area contributed by atoms with Crippen molar-refractivity contribution in [1.82, 2.24) is 5.43 Å². The van der Waals surface area contributed by atoms with E-state index in [-0.39, 0.29) is 12.1 Å². The Hall–Kier alpha value is -2.41. The number of hydrogen-bond donors (Lipinski definition) is 1. The minimum atomic E-state index is -0.365. The molecule has 0 aliphatic carbocycles. The van der Waals surface area contributed by atoms with Crippen LogP contribution in [0.1, 0.15) is 11.6 Å². The SMILES string of the molecule is N#C[C@H]1NN=N[C@@H]1c1ccc2ccccc2c1. The second-order valence-electron chi connectivity index (χ2n) is 4.00. The molecule has 0 spiro atoms. The zero-order chi connectivity index (χ0) is 11.7. The third-order valence-electron chi connectivity index (χ3n) is 2.95. The lowest BCUT2D eigenvalue weighted by Crippen LogP contribution is -2.22. The van der Waals surface area contributed by atoms with Gasteiger partial charge >= 0.3 is 0 Å². The summed E-state index contributed by atoms with van der Waals surface area (Å²) in [6.07, 6.45) is 0. The second-order valence-corrected chi connectivity index (χ2v) is 4.00. The predicted molar refractivity (Wildman–Crippen MR) is 64.1 cm³/mol. The van der Waals surface area contributed by atoms with Crippen LogP contribution in [-0.4, -0.2) is 6.04 Å². The Bertz CT molecular complexity index is 627. The number of nitrogens with one attached hydrogen (secondary N) is 1. The molecule has 0 saturated heterocycles. The predicted octanol–water partition coefficient (Wildman–Crippen LogP) is 2.74. The summed E-state index contributed by atoms with van der Waals surface area (Å²) >= 11 is 0. The number of nitrogens with zero attached hydrogens (tertiary/aromatic N) is 3. The van der Waals surface area contributed by atoms with E-state index in [1.54, 1.807) is 0 Å². The van der Waals surface area contributed by atoms with Gasteiger partial charge in [-0.05, 0) is 22.4 Å². The van der Waals surface area contributed by atoms with Gasteiger partial charge in [0.2, 0.25) is 0 Å². The highest BCUT2D eigenvalue weighted by atomic mass is 15.5. The molecule has 4 nitrogen and oxygen atoms in total. The van der Waals surface area contributed by atoms with Crippen LogP contribution in [0.4, 0.5) is 0 Å². The first-order chi connectivity index (χ1) is 8.38. The smallest absolute Gasteiger partial charge is 0.160 e. The second kappa shape index (κ2) is 3.87. The summed E-state index contributed by atoms with van der Waals surface area (Å²) < 4.78 is 0. The van der Waals surface area contributed by atoms with E-state index in [0.29, 0.717) is 0 Å². The van der Waals surface area contributed by atoms with Gasteiger partial charge in [0.1, 0.15) is 6.04 Å². The van der Waals surface area contributed by atoms with Crippen molar-refractivity contribution in [2.75, 3.05) is 0 Å². The summed E-state index contributed by atoms with van der Waals surface area (Å²) in [6.45, 7) is 0. The highest BCUT2D eigenvalue weighted by molar-refractivity contribution is 5.83. The van der Waals surface area contributed by atoms with Gasteiger partial charge in [-0.1, -0.05) is 41.6 Å². The van der Waals surface area contributed by atoms with E-state index in [0.717, 1.165) is 10.9 Å². The van der Waals surface area contributed by atoms with Crippen LogP contribution in [0.2, 0.25) is 0 Å². The van der Waals surface area contributed by atoms with E-state index < -0.39 is 0 Å². The van der Waals surface area contributed by atoms with Crippen LogP contribution in [0.3, 0.4) is 0 Å². The molecular formula is C13H10N4. The van der Waals surface area contributed by atoms with Crippen LogP contribution in [0.15, 0.2) is 52.8 Å². The van der Waals surface area contributed by atoms with Gasteiger partial charge < -0.3 is 0 Å². The van der Waals surface area contributed by atoms with Gasteiger partial charge in [0, 0.05) is 0 Å². The molecule has 0 radical (unpaired) electrons. The fraction of sp³-hybridized carbons (Fsp3) is 0.154. The van der Waals surface area contributed by atoms with Crippen LogP contribution in [0.5, 0.6) is 0 Å². The molecule has 0 aromatic heterocycles. The molecule has 1 heterocycles. The van der Waals surface area contributed by atoms with Gasteiger partial charge in [0.15, 0.2) is 6.04 Å². The Kier molecular flexibility index (Phi) is 2.23. The normalized spacial score (nSPS) is 22.3. The topological polar surface area (TPSA) is 60.5 Å². The number of nitriles is 1. The maximum atomic E-state index is 8.98. The highest BCUT2D eigenvalue weighted by Gasteiger charge is 2.26. The summed E-state index contributed by atoms with van der Waals surface area (Å²) in [5, 5.41) is 19.1. The molecule has 0 unspecified atom stereocenters. The molecule has 2 aromatic rings. The average Bonchev–Trinajstić information content (AvgIpc) is 2.86. The Morgan fingerprint density at radius 2 is 1.94 bits per heavy atom. The molecule has 4 heteroatoms. The standard InChI is InChI=1S/C13H10N4/c14-8-12-13(16-17-15-12)11-6-5-9-3-1-2-4-10(9)7-11/h1-7,12-13H,(H,15,16)/t12-,13-/m1/s1. The summed E-state index contributed by atoms with van der Waals surface area (Å²) in [5.74, 6) is 0. The van der Waals surface area contributed by atoms with Crippen LogP contribution in [-0.2, 0) is 0 Å². The molecule has 3 rings (SSSR count). The minimum absolute atomic E-state index is 0.204. The zero-order valence-electron chi connectivity index (χ0n) is 9.04. The van der Waals surface area contributed by atoms with E-state index in [1.807, 2.05) is 24.3 Å². The molecule has 0 saturated carbocycles. The summed E-state index contributed by atoms with van der Waals surface area (Å²) in [7, 11) is 0. The van der Waals surface area contributed by atoms with Crippen molar-refractivity contribution < 1.29 is 0 Å². The van der Waals surface area contributed by atoms with Gasteiger partial charge in [-0.3, -0.25) is 5.43 Å². The first-order valence-electron chi connectivity index (χ1n) is 5.42. The first-order valence-corrected chi connectivity index (χ1v) is 5.42. The summed E-state index contributed by atoms with van der Waals surface area (Å²) in [5.41, 5.74) is 3.72. The lowest BCUT2D eigenvalue weighted by molar-refractivity contribution is 0.631. The van der Waals surface area contributed by atoms with Gasteiger partial charge in [0.05, 0.1) is 6.07 Å². The van der Waals surface area contributed by atoms with Gasteiger partial charge in [0.25, 0.3) is 0 Å². The quantitative estimate of drug-likeness (QED) is 0.806. The minimum Gasteiger partial charge on any atom is -0.272 e. The Balaban J connectivity index is 2.07. The molecule has 1 aliphatic heterocycles. The molecule has 0 bridgehead atoms. The van der Waals surface area contributed by atoms with Crippen molar-refractivity contribution in [3.63, 3.8) is 0 Å². The molecule has 82 valence electrons. The molecule has 0 fully saturated rings. The zero-order valence-corrected chi connectivity index (χ0v) is 9.04. The Morgan fingerprint density at radius 3 is 2.76 bits per heavy atom. The molecule has 17 heavy (non-hydrogen) atoms. The third kappa shape index (κ3) is 1.62. The van der Waals surface area contributed by atoms with E-state index >= 15 is 0 Å². The van der Waals surface area contributed by atoms with Crippen molar-refractivity contribution in [1.29, 1.82) is 5.26 Å². The van der Waals surface area contributed by atoms with Crippen molar-refractivity contribution in [3.8, 4) is 6.07 Å². The van der Waals surface area contributed by atoms with Crippen molar-refractivity contribution in [2.24, 2.45) is 10.3 Å². The van der Waals surface area contributed by atoms with Gasteiger partial charge in [-0.15, -0.1) is 0 Å². The first kappa shape index (κ1) is 9.79. The number of benzene rings is 2. The van der Waals surface area contributed by atoms with Crippen LogP contribution >= 0.6 is 0 Å². The maximum Gasteiger partial charge on any atom is 0.160 e. The van der Waals surface area contributed by atoms with Crippen LogP contribution in [0.25, 0.3) is 10.8 Å². The highest BCUT2D eigenvalue weighted by Crippen LogP contribution is 2.28. The van der Waals surface area contributed by atoms with E-state index in [4.69, 9.17) is 5.26 Å². The van der Waals surface area contributed by atoms with Crippen molar-refractivity contribution in [2.45, 2.75) is 12.1 Å². The summed E-state index contributed by atoms with van der Waals surface area (Å²) in [4.78, 5) is 0. The van der Waals surface area contributed by atoms with Crippen molar-refractivity contribution >= 4 is 10.8 Å². The molecule has 2 atom stereocenters. The number of hydrogen-bond acceptors (Lipinski definition) is 4. The van der Waals surface area contributed by atoms with E-state index in [1.165, 1.54) is 5.39 Å². The number of fused-ring (bicyclic) bond motifs is 1. The van der Waals surface area contributed by atoms with E-state index in [9.17, 15) is 0 Å². The molecule has 1 aliphatic rings. The van der Waals surface area contributed by atoms with Crippen LogP contribution in [0, 0.1) is 11.3 Å². The monoisotopic (exact) mass is 222 g/mol. The largest absolute Gasteiger partial charge is 0.272 e. The average molecular weight is 222 g/mol. The summed E-state index contributed by atoms with van der Waals surface area (Å²) in [6, 6.07) is 15.8. The van der Waals surface area contributed by atoms with Gasteiger partial charge in [-0.25, -0.2) is 0 Å². The van der Waals surface area contributed by atoms with Gasteiger partial charge in [-0.2, -0.15) is 10.4 Å². The Labute approximate surface area is 98.6 Å². The lowest BCUT2D eigenvalue weighted by Gasteiger charge is -2.10. The molecule has 0 amide bonds. The lowest BCUT2D eigenvalue weighted by atomic mass is 9.98. The Morgan fingerprint density at radius 1 is 1.12 bits per heavy atom. The fourth-order valence-corrected chi connectivity index (χ4v) is 2.05. The van der Waals surface area contributed by atoms with Crippen molar-refractivity contribution in [3.05, 3.63) is 48.0 Å². The van der Waals surface area contributed by atoms with Crippen LogP contribution < -0.4 is 5.43 Å². The molecule has 2 aromatic carbocycles. The molecule has 1 N–H and O–H groups in total. The van der Waals surface area contributed by atoms with E-state index in [2.05, 4.69) is 40.0 Å². The third-order valence-corrected chi connectivity index (χ3v) is 2.95. The maximum absolute atomic E-state index is 8.98. The number of rotatable bonds is 1.